The summed E-state index contributed by atoms with van der Waals surface area (Å²) in [6.07, 6.45) is 9.99. The molecule has 1 amide bonds. The standard InChI is InChI=1S/C21H26N2O6.C18H22O12P2.C18H21O8P.2K.2Na/c1-26-17-8-7-13(9-16(17)23-21(25)15(22)12-24)5-6-14-10-18(27-2)20(29-4)19(11-14)28-3;1-25-13-8-7-12(16(29-31(19,20)21)18(13)30-32(22,23)24)6-5-11-9-14(26-2)17(28-4)15(10-11)27-3;1-22-14-8-7-12(9-15(14)26-27(19,20)21)5-6-13-10-16(23-2)18(25-4)17(11-13)24-3;;;;/h5-11,15,24H,12,22H2,1-4H3,(H,23,25);5-10H,1-4H3,(H2,19,20,21)(H2,22,23,24);5-11H,1-4H3,(H2,19,20,21);;;;/q;;;4*+1/p-4/b3*6-5-;;;;/t15-;;;;;;/m0....../s1. The summed E-state index contributed by atoms with van der Waals surface area (Å²) in [6.45, 7) is -0.450. The van der Waals surface area contributed by atoms with Gasteiger partial charge in [-0.1, -0.05) is 48.6 Å². The second kappa shape index (κ2) is 43.0. The van der Waals surface area contributed by atoms with Crippen LogP contribution in [0.15, 0.2) is 84.9 Å². The number of aliphatic hydroxyl groups is 1. The molecule has 0 spiro atoms. The summed E-state index contributed by atoms with van der Waals surface area (Å²) >= 11 is 0. The van der Waals surface area contributed by atoms with E-state index in [-0.39, 0.29) is 185 Å². The largest absolute Gasteiger partial charge is 1.00 e. The molecule has 0 bridgehead atoms. The summed E-state index contributed by atoms with van der Waals surface area (Å²) in [4.78, 5) is 74.7. The number of rotatable bonds is 27. The maximum absolute atomic E-state index is 12.0. The average Bonchev–Trinajstić information content (AvgIpc) is 0.914. The molecule has 0 saturated carbocycles. The van der Waals surface area contributed by atoms with Gasteiger partial charge in [0.1, 0.15) is 19.6 Å². The van der Waals surface area contributed by atoms with Crippen molar-refractivity contribution in [2.75, 3.05) is 97.2 Å². The average molecular weight is 1410 g/mol. The molecule has 35 heteroatoms. The van der Waals surface area contributed by atoms with Gasteiger partial charge in [-0.2, -0.15) is 0 Å². The zero-order valence-electron chi connectivity index (χ0n) is 53.5. The third kappa shape index (κ3) is 27.6. The van der Waals surface area contributed by atoms with E-state index in [0.29, 0.717) is 74.3 Å². The molecule has 478 valence electrons. The van der Waals surface area contributed by atoms with Gasteiger partial charge in [-0.15, -0.1) is 0 Å². The zero-order chi connectivity index (χ0) is 65.5. The molecule has 3 atom stereocenters. The monoisotopic (exact) mass is 1410 g/mol. The summed E-state index contributed by atoms with van der Waals surface area (Å²) in [7, 11) is 1.44. The summed E-state index contributed by atoms with van der Waals surface area (Å²) in [5, 5.41) is 11.7. The van der Waals surface area contributed by atoms with E-state index in [9.17, 15) is 38.1 Å². The molecule has 6 rings (SSSR count). The smallest absolute Gasteiger partial charge is 0.780 e. The van der Waals surface area contributed by atoms with Crippen molar-refractivity contribution in [1.82, 2.24) is 0 Å². The van der Waals surface area contributed by atoms with E-state index in [1.807, 2.05) is 30.4 Å². The molecule has 2 unspecified atom stereocenters. The van der Waals surface area contributed by atoms with Crippen LogP contribution in [0.5, 0.6) is 86.2 Å². The predicted octanol–water partition coefficient (Wildman–Crippen LogP) is -6.17. The Labute approximate surface area is 661 Å². The Hall–Kier alpha value is -3.35. The second-order valence-electron chi connectivity index (χ2n) is 17.2. The maximum Gasteiger partial charge on any atom is 1.00 e. The van der Waals surface area contributed by atoms with Gasteiger partial charge in [0, 0.05) is 5.56 Å². The molecule has 0 fully saturated rings. The zero-order valence-corrected chi connectivity index (χ0v) is 66.4. The summed E-state index contributed by atoms with van der Waals surface area (Å²) in [5.74, 6) is 2.21. The van der Waals surface area contributed by atoms with Gasteiger partial charge in [-0.3, -0.25) is 13.9 Å². The van der Waals surface area contributed by atoms with Crippen molar-refractivity contribution in [2.45, 2.75) is 6.04 Å². The minimum absolute atomic E-state index is 0. The molecule has 6 aromatic rings. The molecular formula is C57H65K2N2Na2O26P3. The summed E-state index contributed by atoms with van der Waals surface area (Å²) in [5.41, 5.74) is 9.46. The van der Waals surface area contributed by atoms with Gasteiger partial charge >= 0.3 is 178 Å². The third-order valence-electron chi connectivity index (χ3n) is 11.6. The van der Waals surface area contributed by atoms with E-state index in [4.69, 9.17) is 77.5 Å². The van der Waals surface area contributed by atoms with Crippen LogP contribution in [0.2, 0.25) is 0 Å². The fraction of sp³-hybridized carbons (Fsp3) is 0.246. The topological polar surface area (TPSA) is 398 Å². The molecular weight excluding hydrogens is 1350 g/mol. The number of benzene rings is 6. The van der Waals surface area contributed by atoms with Crippen molar-refractivity contribution in [3.8, 4) is 86.2 Å². The SMILES string of the molecule is COc1cc(/C=C\c2ccc(OC)c(OP(=O)([O-])O)c2OP(=O)([O-])O)cc(OC)c1OC.COc1ccc(/C=C\c2cc(OC)c(OC)c(OC)c2)cc1NC(=O)[C@@H](N)CO.COc1ccc(/C=C\c2cc(OC)c(OC)c(OC)c2)cc1OP(=O)([O-])[O-].[K+].[K+].[Na+].[Na+]. The van der Waals surface area contributed by atoms with Crippen LogP contribution < -0.4 is 263 Å². The molecule has 0 heterocycles. The molecule has 6 aromatic carbocycles. The van der Waals surface area contributed by atoms with Gasteiger partial charge in [0.15, 0.2) is 57.5 Å². The van der Waals surface area contributed by atoms with Crippen molar-refractivity contribution in [1.29, 1.82) is 0 Å². The molecule has 28 nitrogen and oxygen atoms in total. The van der Waals surface area contributed by atoms with Gasteiger partial charge in [-0.25, -0.2) is 0 Å². The number of nitrogens with one attached hydrogen (secondary N) is 1. The van der Waals surface area contributed by atoms with E-state index < -0.39 is 53.5 Å². The third-order valence-corrected chi connectivity index (χ3v) is 12.9. The quantitative estimate of drug-likeness (QED) is 0.0182. The van der Waals surface area contributed by atoms with E-state index in [0.717, 1.165) is 23.8 Å². The van der Waals surface area contributed by atoms with Crippen LogP contribution in [-0.2, 0) is 18.5 Å². The van der Waals surface area contributed by atoms with Gasteiger partial charge in [0.2, 0.25) is 28.9 Å². The fourth-order valence-corrected chi connectivity index (χ4v) is 8.86. The number of hydrogen-bond donors (Lipinski definition) is 5. The van der Waals surface area contributed by atoms with Crippen LogP contribution in [0.1, 0.15) is 33.4 Å². The first-order chi connectivity index (χ1) is 41.7. The first kappa shape index (κ1) is 88.7. The van der Waals surface area contributed by atoms with Gasteiger partial charge in [-0.05, 0) is 101 Å². The molecule has 92 heavy (non-hydrogen) atoms. The van der Waals surface area contributed by atoms with Crippen LogP contribution in [0, 0.1) is 0 Å². The maximum atomic E-state index is 12.0. The van der Waals surface area contributed by atoms with Crippen molar-refractivity contribution < 1.29 is 285 Å². The van der Waals surface area contributed by atoms with Crippen LogP contribution in [0.25, 0.3) is 36.5 Å². The number of methoxy groups -OCH3 is 12. The number of aliphatic hydroxyl groups excluding tert-OH is 1. The number of anilines is 1. The summed E-state index contributed by atoms with van der Waals surface area (Å²) < 4.78 is 110. The minimum Gasteiger partial charge on any atom is -0.780 e. The second-order valence-corrected chi connectivity index (χ2v) is 20.5. The number of carbonyl (C=O) groups excluding carboxylic acids is 1. The van der Waals surface area contributed by atoms with Gasteiger partial charge < -0.3 is 120 Å². The van der Waals surface area contributed by atoms with E-state index in [2.05, 4.69) is 18.9 Å². The fourth-order valence-electron chi connectivity index (χ4n) is 7.65. The first-order valence-corrected chi connectivity index (χ1v) is 29.5. The van der Waals surface area contributed by atoms with Gasteiger partial charge in [0.25, 0.3) is 0 Å². The number of nitrogens with two attached hydrogens (primary N) is 1. The molecule has 6 N–H and O–H groups in total. The Morgan fingerprint density at radius 2 is 0.739 bits per heavy atom. The van der Waals surface area contributed by atoms with Crippen molar-refractivity contribution in [2.24, 2.45) is 5.73 Å². The molecule has 0 aliphatic carbocycles. The van der Waals surface area contributed by atoms with Crippen LogP contribution >= 0.6 is 23.5 Å². The van der Waals surface area contributed by atoms with E-state index in [1.54, 1.807) is 75.9 Å². The van der Waals surface area contributed by atoms with Crippen LogP contribution in [-0.4, -0.2) is 119 Å². The van der Waals surface area contributed by atoms with E-state index in [1.165, 1.54) is 93.3 Å². The molecule has 0 aliphatic rings. The van der Waals surface area contributed by atoms with Crippen LogP contribution in [0.3, 0.4) is 0 Å². The van der Waals surface area contributed by atoms with Gasteiger partial charge in [0.05, 0.1) is 97.6 Å². The molecule has 0 saturated heterocycles. The van der Waals surface area contributed by atoms with E-state index >= 15 is 0 Å². The molecule has 0 radical (unpaired) electrons. The van der Waals surface area contributed by atoms with Crippen LogP contribution in [0.4, 0.5) is 5.69 Å². The minimum atomic E-state index is -5.42. The van der Waals surface area contributed by atoms with Crippen molar-refractivity contribution >= 4 is 71.5 Å². The summed E-state index contributed by atoms with van der Waals surface area (Å²) in [6, 6.07) is 21.7. The first-order valence-electron chi connectivity index (χ1n) is 25.1. The van der Waals surface area contributed by atoms with Crippen molar-refractivity contribution in [3.63, 3.8) is 0 Å². The molecule has 0 aromatic heterocycles. The number of ether oxygens (including phenoxy) is 12. The number of amides is 1. The number of phosphoric ester groups is 3. The Bertz CT molecular complexity index is 3530. The molecule has 0 aliphatic heterocycles. The Balaban J connectivity index is 0.00000133. The Kier molecular flexibility index (Phi) is 41.5. The Morgan fingerprint density at radius 3 is 1.08 bits per heavy atom. The number of phosphoric acid groups is 3. The number of carbonyl (C=O) groups is 1. The predicted molar refractivity (Wildman–Crippen MR) is 317 cm³/mol. The van der Waals surface area contributed by atoms with Crippen molar-refractivity contribution in [3.05, 3.63) is 118 Å². The Morgan fingerprint density at radius 1 is 0.424 bits per heavy atom. The number of hydrogen-bond acceptors (Lipinski definition) is 25. The normalized spacial score (nSPS) is 12.2.